The first-order valence-electron chi connectivity index (χ1n) is 12.8. The van der Waals surface area contributed by atoms with Crippen molar-refractivity contribution in [3.05, 3.63) is 146 Å². The number of hydrogen-bond acceptors (Lipinski definition) is 0. The van der Waals surface area contributed by atoms with Crippen LogP contribution in [0.25, 0.3) is 39.1 Å². The summed E-state index contributed by atoms with van der Waals surface area (Å²) in [5, 5.41) is 5.66. The SMILES string of the molecule is [CH2-]CCC1C([Si]c2cc3c(-c4cccc(C)c4)cccc3[cH-]2)=Cc2c(-c3cccc(C)c3)cccc21.[CH3-].[CH3-].[Hf+4]. The first-order valence-corrected chi connectivity index (χ1v) is 13.8. The van der Waals surface area contributed by atoms with E-state index in [4.69, 9.17) is 0 Å². The number of fused-ring (bicyclic) bond motifs is 2. The van der Waals surface area contributed by atoms with Gasteiger partial charge in [-0.3, -0.25) is 0 Å². The van der Waals surface area contributed by atoms with Crippen LogP contribution in [0.4, 0.5) is 0 Å². The zero-order valence-electron chi connectivity index (χ0n) is 23.5. The van der Waals surface area contributed by atoms with Crippen molar-refractivity contribution in [3.8, 4) is 22.3 Å². The van der Waals surface area contributed by atoms with Crippen LogP contribution in [0.3, 0.4) is 0 Å². The quantitative estimate of drug-likeness (QED) is 0.123. The maximum atomic E-state index is 4.22. The minimum absolute atomic E-state index is 0. The number of rotatable bonds is 6. The molecule has 0 aliphatic heterocycles. The van der Waals surface area contributed by atoms with E-state index in [1.54, 1.807) is 5.20 Å². The zero-order chi connectivity index (χ0) is 24.6. The van der Waals surface area contributed by atoms with E-state index in [2.05, 4.69) is 124 Å². The van der Waals surface area contributed by atoms with Crippen LogP contribution in [0.1, 0.15) is 41.0 Å². The minimum atomic E-state index is 0. The third-order valence-electron chi connectivity index (χ3n) is 7.38. The summed E-state index contributed by atoms with van der Waals surface area (Å²) in [4.78, 5) is 0. The van der Waals surface area contributed by atoms with E-state index in [0.717, 1.165) is 12.8 Å². The Kier molecular flexibility index (Phi) is 10.4. The van der Waals surface area contributed by atoms with Crippen LogP contribution in [0, 0.1) is 35.6 Å². The van der Waals surface area contributed by atoms with Gasteiger partial charge in [0, 0.05) is 0 Å². The van der Waals surface area contributed by atoms with Gasteiger partial charge in [-0.1, -0.05) is 107 Å². The number of aryl methyl sites for hydroxylation is 2. The molecule has 0 fully saturated rings. The monoisotopic (exact) mass is 688 g/mol. The van der Waals surface area contributed by atoms with Crippen molar-refractivity contribution < 1.29 is 25.8 Å². The molecule has 0 amide bonds. The summed E-state index contributed by atoms with van der Waals surface area (Å²) in [6.45, 7) is 8.56. The van der Waals surface area contributed by atoms with Crippen LogP contribution >= 0.6 is 0 Å². The summed E-state index contributed by atoms with van der Waals surface area (Å²) in [7, 11) is 0.665. The molecule has 5 aromatic carbocycles. The number of allylic oxidation sites excluding steroid dienone is 1. The first kappa shape index (κ1) is 30.9. The molecule has 0 spiro atoms. The van der Waals surface area contributed by atoms with Crippen LogP contribution in [-0.4, -0.2) is 9.52 Å². The van der Waals surface area contributed by atoms with Gasteiger partial charge in [-0.2, -0.15) is 12.5 Å². The number of benzene rings is 4. The van der Waals surface area contributed by atoms with E-state index in [1.807, 2.05) is 0 Å². The van der Waals surface area contributed by atoms with Gasteiger partial charge in [-0.25, -0.2) is 0 Å². The van der Waals surface area contributed by atoms with Crippen molar-refractivity contribution in [1.29, 1.82) is 0 Å². The molecular formula is C37H36HfSi. The van der Waals surface area contributed by atoms with Crippen molar-refractivity contribution in [1.82, 2.24) is 0 Å². The summed E-state index contributed by atoms with van der Waals surface area (Å²) in [6.07, 6.45) is 4.53. The fourth-order valence-corrected chi connectivity index (χ4v) is 7.18. The van der Waals surface area contributed by atoms with Crippen molar-refractivity contribution >= 4 is 31.6 Å². The molecule has 1 atom stereocenters. The average molecular weight is 687 g/mol. The molecule has 5 aromatic rings. The van der Waals surface area contributed by atoms with Crippen molar-refractivity contribution in [2.75, 3.05) is 0 Å². The predicted molar refractivity (Wildman–Crippen MR) is 170 cm³/mol. The van der Waals surface area contributed by atoms with Gasteiger partial charge in [0.05, 0.1) is 9.52 Å². The molecule has 6 rings (SSSR count). The molecule has 0 heterocycles. The Morgan fingerprint density at radius 1 is 0.769 bits per heavy atom. The van der Waals surface area contributed by atoms with E-state index >= 15 is 0 Å². The molecule has 2 heteroatoms. The molecule has 192 valence electrons. The van der Waals surface area contributed by atoms with E-state index in [1.165, 1.54) is 60.5 Å². The summed E-state index contributed by atoms with van der Waals surface area (Å²) in [5.41, 5.74) is 10.8. The third kappa shape index (κ3) is 6.08. The van der Waals surface area contributed by atoms with Crippen LogP contribution in [0.5, 0.6) is 0 Å². The summed E-state index contributed by atoms with van der Waals surface area (Å²) in [5.74, 6) is 0.454. The van der Waals surface area contributed by atoms with Crippen LogP contribution in [-0.2, 0) is 25.8 Å². The second-order valence-electron chi connectivity index (χ2n) is 10.0. The topological polar surface area (TPSA) is 0 Å². The van der Waals surface area contributed by atoms with Crippen molar-refractivity contribution in [2.24, 2.45) is 0 Å². The average Bonchev–Trinajstić information content (AvgIpc) is 3.45. The summed E-state index contributed by atoms with van der Waals surface area (Å²) < 4.78 is 0. The zero-order valence-corrected chi connectivity index (χ0v) is 28.1. The molecule has 39 heavy (non-hydrogen) atoms. The van der Waals surface area contributed by atoms with E-state index in [-0.39, 0.29) is 40.7 Å². The maximum Gasteiger partial charge on any atom is 4.00 e. The Bertz CT molecular complexity index is 1600. The largest absolute Gasteiger partial charge is 4.00 e. The smallest absolute Gasteiger partial charge is 0.358 e. The Morgan fingerprint density at radius 3 is 2.05 bits per heavy atom. The van der Waals surface area contributed by atoms with Crippen LogP contribution < -0.4 is 5.19 Å². The fourth-order valence-electron chi connectivity index (χ4n) is 5.71. The van der Waals surface area contributed by atoms with Gasteiger partial charge in [-0.05, 0) is 47.6 Å². The van der Waals surface area contributed by atoms with Crippen LogP contribution in [0.2, 0.25) is 0 Å². The van der Waals surface area contributed by atoms with E-state index in [0.29, 0.717) is 15.4 Å². The Morgan fingerprint density at radius 2 is 1.38 bits per heavy atom. The maximum absolute atomic E-state index is 4.22. The normalized spacial score (nSPS) is 13.6. The van der Waals surface area contributed by atoms with E-state index in [9.17, 15) is 0 Å². The molecule has 0 saturated carbocycles. The molecular weight excluding hydrogens is 651 g/mol. The second-order valence-corrected chi connectivity index (χ2v) is 11.4. The van der Waals surface area contributed by atoms with Gasteiger partial charge in [0.2, 0.25) is 0 Å². The molecule has 2 radical (unpaired) electrons. The molecule has 0 bridgehead atoms. The standard InChI is InChI=1S/C35H30Si.2CH3.Hf/c1-4-9-32-31-17-8-16-30(26-13-6-11-24(3)19-26)34(31)22-35(32)36-28-20-27-14-7-15-29(33(27)21-28)25-12-5-10-23(2)18-25;;;/h5-8,10-22,32H,1,4,9H2,2-3H3;2*1H3;/q-2;2*-1;+4. The molecule has 1 aliphatic rings. The summed E-state index contributed by atoms with van der Waals surface area (Å²) >= 11 is 0. The number of hydrogen-bond donors (Lipinski definition) is 0. The summed E-state index contributed by atoms with van der Waals surface area (Å²) in [6, 6.07) is 36.1. The van der Waals surface area contributed by atoms with Gasteiger partial charge in [0.1, 0.15) is 0 Å². The van der Waals surface area contributed by atoms with Crippen molar-refractivity contribution in [3.63, 3.8) is 0 Å². The molecule has 1 aliphatic carbocycles. The van der Waals surface area contributed by atoms with Gasteiger partial charge in [0.15, 0.2) is 0 Å². The minimum Gasteiger partial charge on any atom is -0.358 e. The first-order chi connectivity index (χ1) is 17.6. The Hall–Kier alpha value is -2.68. The molecule has 0 saturated heterocycles. The van der Waals surface area contributed by atoms with E-state index < -0.39 is 0 Å². The fraction of sp³-hybridized carbons (Fsp3) is 0.135. The molecule has 0 aromatic heterocycles. The Balaban J connectivity index is 0.00000140. The Labute approximate surface area is 257 Å². The predicted octanol–water partition coefficient (Wildman–Crippen LogP) is 9.49. The second kappa shape index (κ2) is 13.1. The van der Waals surface area contributed by atoms with Gasteiger partial charge in [0.25, 0.3) is 0 Å². The van der Waals surface area contributed by atoms with Gasteiger partial charge >= 0.3 is 25.8 Å². The third-order valence-corrected chi connectivity index (χ3v) is 8.74. The van der Waals surface area contributed by atoms with Gasteiger partial charge in [-0.15, -0.1) is 34.2 Å². The molecule has 1 unspecified atom stereocenters. The van der Waals surface area contributed by atoms with Gasteiger partial charge < -0.3 is 21.8 Å². The molecule has 0 nitrogen and oxygen atoms in total. The van der Waals surface area contributed by atoms with Crippen molar-refractivity contribution in [2.45, 2.75) is 32.6 Å². The van der Waals surface area contributed by atoms with Crippen LogP contribution in [0.15, 0.2) is 102 Å². The molecule has 0 N–H and O–H groups in total.